The molecule has 4 N–H and O–H groups in total. The van der Waals surface area contributed by atoms with Crippen molar-refractivity contribution < 1.29 is 29.0 Å². The number of fused-ring (bicyclic) bond motifs is 1. The van der Waals surface area contributed by atoms with Crippen LogP contribution in [0.25, 0.3) is 0 Å². The zero-order valence-corrected chi connectivity index (χ0v) is 15.8. The molecule has 10 nitrogen and oxygen atoms in total. The Hall–Kier alpha value is -2.60. The van der Waals surface area contributed by atoms with Gasteiger partial charge in [0, 0.05) is 17.9 Å². The van der Waals surface area contributed by atoms with Crippen molar-refractivity contribution in [1.82, 2.24) is 15.2 Å². The first kappa shape index (κ1) is 19.2. The van der Waals surface area contributed by atoms with Crippen LogP contribution in [0.5, 0.6) is 0 Å². The van der Waals surface area contributed by atoms with Crippen LogP contribution in [0.3, 0.4) is 0 Å². The number of nitrogen functional groups attached to an aromatic ring is 1. The number of rotatable bonds is 6. The van der Waals surface area contributed by atoms with Crippen LogP contribution in [0.2, 0.25) is 0 Å². The molecule has 0 saturated carbocycles. The number of carbonyl (C=O) groups excluding carboxylic acids is 3. The average Bonchev–Trinajstić information content (AvgIpc) is 2.96. The Morgan fingerprint density at radius 2 is 2.22 bits per heavy atom. The van der Waals surface area contributed by atoms with E-state index < -0.39 is 17.3 Å². The van der Waals surface area contributed by atoms with Gasteiger partial charge in [-0.1, -0.05) is 0 Å². The minimum atomic E-state index is -1.32. The average molecular weight is 412 g/mol. The number of aliphatic carboxylic acids is 1. The third-order valence-electron chi connectivity index (χ3n) is 3.90. The van der Waals surface area contributed by atoms with Gasteiger partial charge in [-0.15, -0.1) is 23.1 Å². The van der Waals surface area contributed by atoms with E-state index in [2.05, 4.69) is 10.3 Å². The molecule has 0 spiro atoms. The SMILES string of the molecule is CC(=O)OCC1=C(C(=O)O)N2C(=O)C[C@H]2SC1NC(=O)Cc1csc(N)n1. The number of carboxylic acid groups (broad SMARTS) is 1. The van der Waals surface area contributed by atoms with Gasteiger partial charge in [-0.25, -0.2) is 9.78 Å². The molecule has 1 saturated heterocycles. The van der Waals surface area contributed by atoms with E-state index in [1.165, 1.54) is 30.0 Å². The number of thiazole rings is 1. The van der Waals surface area contributed by atoms with Gasteiger partial charge in [-0.05, 0) is 0 Å². The molecule has 144 valence electrons. The molecule has 3 heterocycles. The fourth-order valence-electron chi connectivity index (χ4n) is 2.73. The summed E-state index contributed by atoms with van der Waals surface area (Å²) < 4.78 is 4.95. The monoisotopic (exact) mass is 412 g/mol. The molecule has 1 unspecified atom stereocenters. The van der Waals surface area contributed by atoms with Gasteiger partial charge in [0.2, 0.25) is 11.8 Å². The minimum absolute atomic E-state index is 0.0265. The fourth-order valence-corrected chi connectivity index (χ4v) is 4.74. The maximum Gasteiger partial charge on any atom is 0.352 e. The number of esters is 1. The first-order valence-electron chi connectivity index (χ1n) is 7.82. The molecule has 2 aliphatic rings. The number of ether oxygens (including phenoxy) is 1. The fraction of sp³-hybridized carbons (Fsp3) is 0.400. The molecule has 0 radical (unpaired) electrons. The Labute approximate surface area is 161 Å². The van der Waals surface area contributed by atoms with Gasteiger partial charge in [0.25, 0.3) is 0 Å². The summed E-state index contributed by atoms with van der Waals surface area (Å²) in [7, 11) is 0. The number of hydrogen-bond donors (Lipinski definition) is 3. The molecule has 1 fully saturated rings. The molecule has 0 aliphatic carbocycles. The van der Waals surface area contributed by atoms with Gasteiger partial charge >= 0.3 is 11.9 Å². The van der Waals surface area contributed by atoms with Gasteiger partial charge in [0.1, 0.15) is 17.7 Å². The molecule has 1 aromatic heterocycles. The molecule has 0 bridgehead atoms. The predicted octanol–water partition coefficient (Wildman–Crippen LogP) is -0.0829. The zero-order valence-electron chi connectivity index (χ0n) is 14.1. The zero-order chi connectivity index (χ0) is 19.7. The first-order valence-corrected chi connectivity index (χ1v) is 9.65. The van der Waals surface area contributed by atoms with E-state index in [1.807, 2.05) is 0 Å². The quantitative estimate of drug-likeness (QED) is 0.430. The summed E-state index contributed by atoms with van der Waals surface area (Å²) >= 11 is 2.44. The van der Waals surface area contributed by atoms with Gasteiger partial charge < -0.3 is 20.9 Å². The van der Waals surface area contributed by atoms with E-state index in [1.54, 1.807) is 5.38 Å². The number of β-lactam (4-membered cyclic amide) rings is 1. The van der Waals surface area contributed by atoms with Crippen LogP contribution in [0.1, 0.15) is 19.0 Å². The van der Waals surface area contributed by atoms with E-state index in [9.17, 15) is 24.3 Å². The second-order valence-electron chi connectivity index (χ2n) is 5.82. The Morgan fingerprint density at radius 1 is 1.48 bits per heavy atom. The Kier molecular flexibility index (Phi) is 5.37. The van der Waals surface area contributed by atoms with Crippen LogP contribution in [0, 0.1) is 0 Å². The third-order valence-corrected chi connectivity index (χ3v) is 5.99. The summed E-state index contributed by atoms with van der Waals surface area (Å²) in [5.41, 5.74) is 5.95. The summed E-state index contributed by atoms with van der Waals surface area (Å²) in [6.07, 6.45) is 0.151. The third kappa shape index (κ3) is 4.06. The van der Waals surface area contributed by atoms with Crippen molar-refractivity contribution in [3.63, 3.8) is 0 Å². The Morgan fingerprint density at radius 3 is 2.78 bits per heavy atom. The van der Waals surface area contributed by atoms with Crippen molar-refractivity contribution in [2.75, 3.05) is 12.3 Å². The number of thioether (sulfide) groups is 1. The lowest BCUT2D eigenvalue weighted by molar-refractivity contribution is -0.146. The molecule has 3 rings (SSSR count). The highest BCUT2D eigenvalue weighted by molar-refractivity contribution is 8.00. The summed E-state index contributed by atoms with van der Waals surface area (Å²) in [6.45, 7) is 0.851. The lowest BCUT2D eigenvalue weighted by Gasteiger charge is -2.46. The molecule has 0 aromatic carbocycles. The van der Waals surface area contributed by atoms with E-state index in [-0.39, 0.29) is 47.9 Å². The number of nitrogens with two attached hydrogens (primary N) is 1. The van der Waals surface area contributed by atoms with Gasteiger partial charge in [0.15, 0.2) is 5.13 Å². The topological polar surface area (TPSA) is 152 Å². The Bertz CT molecular complexity index is 851. The highest BCUT2D eigenvalue weighted by Crippen LogP contribution is 2.43. The van der Waals surface area contributed by atoms with Crippen LogP contribution < -0.4 is 11.1 Å². The number of carbonyl (C=O) groups is 4. The second kappa shape index (κ2) is 7.56. The first-order chi connectivity index (χ1) is 12.8. The summed E-state index contributed by atoms with van der Waals surface area (Å²) in [4.78, 5) is 52.3. The maximum atomic E-state index is 12.4. The number of anilines is 1. The number of amides is 2. The van der Waals surface area contributed by atoms with Crippen LogP contribution in [0.4, 0.5) is 5.13 Å². The van der Waals surface area contributed by atoms with E-state index >= 15 is 0 Å². The second-order valence-corrected chi connectivity index (χ2v) is 8.00. The van der Waals surface area contributed by atoms with Crippen LogP contribution in [0.15, 0.2) is 16.7 Å². The lowest BCUT2D eigenvalue weighted by atomic mass is 10.1. The normalized spacial score (nSPS) is 21.4. The molecule has 12 heteroatoms. The summed E-state index contributed by atoms with van der Waals surface area (Å²) in [5, 5.41) is 13.2. The number of hydrogen-bond acceptors (Lipinski definition) is 9. The molecule has 2 atom stereocenters. The van der Waals surface area contributed by atoms with E-state index in [4.69, 9.17) is 10.5 Å². The lowest BCUT2D eigenvalue weighted by Crippen LogP contribution is -2.57. The molecule has 27 heavy (non-hydrogen) atoms. The van der Waals surface area contributed by atoms with Crippen molar-refractivity contribution in [1.29, 1.82) is 0 Å². The van der Waals surface area contributed by atoms with E-state index in [0.29, 0.717) is 10.8 Å². The number of nitrogens with one attached hydrogen (secondary N) is 1. The summed E-state index contributed by atoms with van der Waals surface area (Å²) in [5.74, 6) is -2.63. The number of aromatic nitrogens is 1. The molecular formula is C15H16N4O6S2. The highest BCUT2D eigenvalue weighted by Gasteiger charge is 2.49. The van der Waals surface area contributed by atoms with Crippen LogP contribution in [-0.2, 0) is 30.3 Å². The van der Waals surface area contributed by atoms with Crippen LogP contribution >= 0.6 is 23.1 Å². The maximum absolute atomic E-state index is 12.4. The molecule has 2 amide bonds. The number of carboxylic acids is 1. The van der Waals surface area contributed by atoms with Crippen molar-refractivity contribution in [2.24, 2.45) is 0 Å². The van der Waals surface area contributed by atoms with Crippen molar-refractivity contribution >= 4 is 52.0 Å². The minimum Gasteiger partial charge on any atom is -0.477 e. The standard InChI is InChI=1S/C15H16N4O6S2/c1-6(20)25-4-8-12(14(23)24)19-10(22)3-11(19)27-13(8)18-9(21)2-7-5-26-15(16)17-7/h5,11,13H,2-4H2,1H3,(H2,16,17)(H,18,21)(H,23,24)/t11-,13?/m1/s1. The molecular weight excluding hydrogens is 396 g/mol. The smallest absolute Gasteiger partial charge is 0.352 e. The molecule has 2 aliphatic heterocycles. The largest absolute Gasteiger partial charge is 0.477 e. The van der Waals surface area contributed by atoms with E-state index in [0.717, 1.165) is 4.90 Å². The van der Waals surface area contributed by atoms with Crippen molar-refractivity contribution in [2.45, 2.75) is 30.5 Å². The molecule has 1 aromatic rings. The predicted molar refractivity (Wildman–Crippen MR) is 96.3 cm³/mol. The van der Waals surface area contributed by atoms with Crippen molar-refractivity contribution in [3.8, 4) is 0 Å². The van der Waals surface area contributed by atoms with Gasteiger partial charge in [0.05, 0.1) is 23.9 Å². The van der Waals surface area contributed by atoms with Crippen LogP contribution in [-0.4, -0.2) is 56.1 Å². The van der Waals surface area contributed by atoms with Crippen molar-refractivity contribution in [3.05, 3.63) is 22.3 Å². The van der Waals surface area contributed by atoms with Gasteiger partial charge in [-0.2, -0.15) is 0 Å². The summed E-state index contributed by atoms with van der Waals surface area (Å²) in [6, 6.07) is 0. The van der Waals surface area contributed by atoms with Gasteiger partial charge in [-0.3, -0.25) is 19.3 Å². The number of nitrogens with zero attached hydrogens (tertiary/aromatic N) is 2. The Balaban J connectivity index is 1.83. The highest BCUT2D eigenvalue weighted by atomic mass is 32.2.